The Morgan fingerprint density at radius 3 is 0.703 bits per heavy atom. The predicted octanol–water partition coefficient (Wildman–Crippen LogP) is 24.8. The summed E-state index contributed by atoms with van der Waals surface area (Å²) in [5.41, 5.74) is 0. The van der Waals surface area contributed by atoms with Gasteiger partial charge in [-0.15, -0.1) is 0 Å². The average molecular weight is 1480 g/mol. The number of aliphatic hydroxyl groups is 1. The van der Waals surface area contributed by atoms with Crippen molar-refractivity contribution in [2.24, 2.45) is 5.92 Å². The quantitative estimate of drug-likeness (QED) is 0.0222. The van der Waals surface area contributed by atoms with Gasteiger partial charge in [0.25, 0.3) is 0 Å². The molecule has 0 aliphatic heterocycles. The highest BCUT2D eigenvalue weighted by atomic mass is 31.2. The minimum atomic E-state index is -4.96. The van der Waals surface area contributed by atoms with E-state index < -0.39 is 97.5 Å². The second-order valence-corrected chi connectivity index (χ2v) is 32.7. The molecule has 6 atom stereocenters. The summed E-state index contributed by atoms with van der Waals surface area (Å²) in [4.78, 5) is 73.1. The van der Waals surface area contributed by atoms with Gasteiger partial charge >= 0.3 is 39.5 Å². The number of hydrogen-bond acceptors (Lipinski definition) is 15. The van der Waals surface area contributed by atoms with E-state index in [1.165, 1.54) is 263 Å². The molecule has 0 spiro atoms. The zero-order chi connectivity index (χ0) is 74.1. The molecule has 0 aliphatic carbocycles. The molecule has 0 aliphatic rings. The highest BCUT2D eigenvalue weighted by Crippen LogP contribution is 2.45. The molecule has 3 unspecified atom stereocenters. The van der Waals surface area contributed by atoms with E-state index in [4.69, 9.17) is 37.0 Å². The van der Waals surface area contributed by atoms with Crippen molar-refractivity contribution in [2.75, 3.05) is 39.6 Å². The lowest BCUT2D eigenvalue weighted by atomic mass is 9.99. The van der Waals surface area contributed by atoms with E-state index >= 15 is 0 Å². The van der Waals surface area contributed by atoms with Crippen molar-refractivity contribution < 1.29 is 80.2 Å². The lowest BCUT2D eigenvalue weighted by molar-refractivity contribution is -0.161. The molecule has 0 radical (unpaired) electrons. The first-order valence-electron chi connectivity index (χ1n) is 42.7. The number of rotatable bonds is 82. The first kappa shape index (κ1) is 99.1. The molecule has 17 nitrogen and oxygen atoms in total. The van der Waals surface area contributed by atoms with Crippen molar-refractivity contribution in [2.45, 2.75) is 457 Å². The lowest BCUT2D eigenvalue weighted by Crippen LogP contribution is -2.30. The number of aliphatic hydroxyl groups excluding tert-OH is 1. The first-order valence-corrected chi connectivity index (χ1v) is 45.7. The third kappa shape index (κ3) is 74.7. The molecule has 0 amide bonds. The van der Waals surface area contributed by atoms with Gasteiger partial charge < -0.3 is 33.8 Å². The molecule has 0 fully saturated rings. The molecule has 600 valence electrons. The zero-order valence-corrected chi connectivity index (χ0v) is 67.8. The number of esters is 4. The molecule has 101 heavy (non-hydrogen) atoms. The van der Waals surface area contributed by atoms with Crippen LogP contribution in [-0.2, 0) is 65.4 Å². The molecule has 0 saturated heterocycles. The number of hydrogen-bond donors (Lipinski definition) is 3. The Morgan fingerprint density at radius 2 is 0.475 bits per heavy atom. The van der Waals surface area contributed by atoms with Gasteiger partial charge in [0.05, 0.1) is 26.4 Å². The third-order valence-electron chi connectivity index (χ3n) is 19.6. The smallest absolute Gasteiger partial charge is 0.462 e. The van der Waals surface area contributed by atoms with Crippen molar-refractivity contribution in [3.05, 3.63) is 0 Å². The van der Waals surface area contributed by atoms with E-state index in [-0.39, 0.29) is 25.7 Å². The van der Waals surface area contributed by atoms with Gasteiger partial charge in [-0.3, -0.25) is 37.3 Å². The summed E-state index contributed by atoms with van der Waals surface area (Å²) in [6.07, 6.45) is 66.3. The molecular weight excluding hydrogens is 1320 g/mol. The summed E-state index contributed by atoms with van der Waals surface area (Å²) in [6.45, 7) is 7.40. The standard InChI is InChI=1S/C82H160O17P2/c1-6-10-13-16-19-22-25-28-30-31-32-37-41-46-51-56-61-66-80(85)93-72-78(99-82(87)68-63-58-53-48-43-38-34-33-35-39-44-49-54-59-64-75(5)9-4)74-97-101(90,91)95-70-76(83)69-94-100(88,89)96-73-77(71-92-79(84)65-60-55-50-45-40-27-24-21-18-15-12-8-3)98-81(86)67-62-57-52-47-42-36-29-26-23-20-17-14-11-7-2/h75-78,83H,6-74H2,1-5H3,(H,88,89)(H,90,91)/t75?,76-,77+,78+/m0/s1. The highest BCUT2D eigenvalue weighted by Gasteiger charge is 2.30. The Balaban J connectivity index is 5.26. The summed E-state index contributed by atoms with van der Waals surface area (Å²) >= 11 is 0. The maximum Gasteiger partial charge on any atom is 0.472 e. The summed E-state index contributed by atoms with van der Waals surface area (Å²) in [7, 11) is -9.92. The molecule has 0 saturated carbocycles. The van der Waals surface area contributed by atoms with Crippen LogP contribution in [-0.4, -0.2) is 96.7 Å². The molecule has 0 heterocycles. The second-order valence-electron chi connectivity index (χ2n) is 29.8. The van der Waals surface area contributed by atoms with Crippen LogP contribution in [0.2, 0.25) is 0 Å². The van der Waals surface area contributed by atoms with Crippen molar-refractivity contribution in [1.29, 1.82) is 0 Å². The van der Waals surface area contributed by atoms with E-state index in [0.29, 0.717) is 25.7 Å². The van der Waals surface area contributed by atoms with E-state index in [0.717, 1.165) is 95.8 Å². The summed E-state index contributed by atoms with van der Waals surface area (Å²) < 4.78 is 68.8. The van der Waals surface area contributed by atoms with Gasteiger partial charge in [-0.25, -0.2) is 9.13 Å². The number of carbonyl (C=O) groups excluding carboxylic acids is 4. The normalized spacial score (nSPS) is 14.1. The van der Waals surface area contributed by atoms with Crippen molar-refractivity contribution in [3.63, 3.8) is 0 Å². The number of phosphoric acid groups is 2. The number of carbonyl (C=O) groups is 4. The monoisotopic (exact) mass is 1480 g/mol. The van der Waals surface area contributed by atoms with E-state index in [1.807, 2.05) is 0 Å². The van der Waals surface area contributed by atoms with Crippen LogP contribution in [0.1, 0.15) is 439 Å². The average Bonchev–Trinajstić information content (AvgIpc) is 1.09. The summed E-state index contributed by atoms with van der Waals surface area (Å²) in [5.74, 6) is -1.26. The Labute approximate surface area is 619 Å². The molecule has 0 bridgehead atoms. The van der Waals surface area contributed by atoms with Gasteiger partial charge in [0.2, 0.25) is 0 Å². The van der Waals surface area contributed by atoms with Crippen LogP contribution in [0.3, 0.4) is 0 Å². The fourth-order valence-corrected chi connectivity index (χ4v) is 14.3. The third-order valence-corrected chi connectivity index (χ3v) is 21.5. The molecule has 3 N–H and O–H groups in total. The second kappa shape index (κ2) is 74.9. The van der Waals surface area contributed by atoms with Crippen molar-refractivity contribution >= 4 is 39.5 Å². The topological polar surface area (TPSA) is 237 Å². The van der Waals surface area contributed by atoms with Crippen LogP contribution in [0, 0.1) is 5.92 Å². The maximum absolute atomic E-state index is 13.1. The van der Waals surface area contributed by atoms with Crippen molar-refractivity contribution in [3.8, 4) is 0 Å². The zero-order valence-electron chi connectivity index (χ0n) is 66.1. The SMILES string of the molecule is CCCCCCCCCCCCCCCCCCCC(=O)OC[C@H](COP(=O)(O)OC[C@@H](O)COP(=O)(O)OC[C@@H](COC(=O)CCCCCCCCCCCCCC)OC(=O)CCCCCCCCCCCCCCCC)OC(=O)CCCCCCCCCCCCCCCCC(C)CC. The van der Waals surface area contributed by atoms with Gasteiger partial charge in [0.15, 0.2) is 12.2 Å². The van der Waals surface area contributed by atoms with Crippen LogP contribution in [0.4, 0.5) is 0 Å². The molecule has 19 heteroatoms. The van der Waals surface area contributed by atoms with Crippen LogP contribution < -0.4 is 0 Å². The lowest BCUT2D eigenvalue weighted by Gasteiger charge is -2.21. The molecule has 0 aromatic rings. The molecule has 0 rings (SSSR count). The minimum Gasteiger partial charge on any atom is -0.462 e. The minimum absolute atomic E-state index is 0.109. The fourth-order valence-electron chi connectivity index (χ4n) is 12.7. The Kier molecular flexibility index (Phi) is 73.5. The predicted molar refractivity (Wildman–Crippen MR) is 414 cm³/mol. The molecule has 0 aromatic carbocycles. The fraction of sp³-hybridized carbons (Fsp3) is 0.951. The van der Waals surface area contributed by atoms with Gasteiger partial charge in [-0.1, -0.05) is 388 Å². The Hall–Kier alpha value is -1.94. The van der Waals surface area contributed by atoms with Gasteiger partial charge in [0, 0.05) is 25.7 Å². The van der Waals surface area contributed by atoms with E-state index in [9.17, 15) is 43.2 Å². The first-order chi connectivity index (χ1) is 49.1. The van der Waals surface area contributed by atoms with Gasteiger partial charge in [-0.2, -0.15) is 0 Å². The van der Waals surface area contributed by atoms with Gasteiger partial charge in [0.1, 0.15) is 19.3 Å². The van der Waals surface area contributed by atoms with Crippen LogP contribution in [0.5, 0.6) is 0 Å². The summed E-state index contributed by atoms with van der Waals surface area (Å²) in [5, 5.41) is 10.7. The largest absolute Gasteiger partial charge is 0.472 e. The number of unbranched alkanes of at least 4 members (excludes halogenated alkanes) is 53. The van der Waals surface area contributed by atoms with E-state index in [2.05, 4.69) is 34.6 Å². The number of ether oxygens (including phenoxy) is 4. The van der Waals surface area contributed by atoms with Crippen LogP contribution in [0.15, 0.2) is 0 Å². The Morgan fingerprint density at radius 1 is 0.277 bits per heavy atom. The van der Waals surface area contributed by atoms with Crippen molar-refractivity contribution in [1.82, 2.24) is 0 Å². The molecular formula is C82H160O17P2. The molecule has 0 aromatic heterocycles. The Bertz CT molecular complexity index is 1930. The number of phosphoric ester groups is 2. The van der Waals surface area contributed by atoms with Gasteiger partial charge in [-0.05, 0) is 31.6 Å². The highest BCUT2D eigenvalue weighted by molar-refractivity contribution is 7.47. The maximum atomic E-state index is 13.1. The van der Waals surface area contributed by atoms with E-state index in [1.54, 1.807) is 0 Å². The summed E-state index contributed by atoms with van der Waals surface area (Å²) in [6, 6.07) is 0. The van der Waals surface area contributed by atoms with Crippen LogP contribution in [0.25, 0.3) is 0 Å². The van der Waals surface area contributed by atoms with Crippen LogP contribution >= 0.6 is 15.6 Å².